The maximum absolute atomic E-state index is 12.3. The molecule has 0 radical (unpaired) electrons. The van der Waals surface area contributed by atoms with Gasteiger partial charge in [-0.15, -0.1) is 0 Å². The molecule has 2 amide bonds. The average Bonchev–Trinajstić information content (AvgIpc) is 3.21. The van der Waals surface area contributed by atoms with E-state index in [-0.39, 0.29) is 28.8 Å². The molecular formula is C17H20N4O5S. The van der Waals surface area contributed by atoms with Crippen LogP contribution in [-0.4, -0.2) is 45.0 Å². The summed E-state index contributed by atoms with van der Waals surface area (Å²) in [7, 11) is -3.93. The van der Waals surface area contributed by atoms with E-state index in [1.54, 1.807) is 4.90 Å². The summed E-state index contributed by atoms with van der Waals surface area (Å²) in [6.07, 6.45) is 0.771. The van der Waals surface area contributed by atoms with Crippen LogP contribution >= 0.6 is 0 Å². The quantitative estimate of drug-likeness (QED) is 0.728. The Labute approximate surface area is 156 Å². The van der Waals surface area contributed by atoms with Gasteiger partial charge in [0.05, 0.1) is 13.1 Å². The van der Waals surface area contributed by atoms with Crippen molar-refractivity contribution in [1.29, 1.82) is 0 Å². The van der Waals surface area contributed by atoms with E-state index in [1.165, 1.54) is 13.8 Å². The molecular weight excluding hydrogens is 372 g/mol. The molecule has 1 aromatic carbocycles. The largest absolute Gasteiger partial charge is 0.360 e. The van der Waals surface area contributed by atoms with Crippen molar-refractivity contribution in [3.63, 3.8) is 0 Å². The smallest absolute Gasteiger partial charge is 0.246 e. The zero-order valence-electron chi connectivity index (χ0n) is 15.0. The number of nitrogens with zero attached hydrogens (tertiary/aromatic N) is 2. The molecule has 0 bridgehead atoms. The first-order valence-corrected chi connectivity index (χ1v) is 9.85. The molecule has 10 heteroatoms. The first-order chi connectivity index (χ1) is 12.8. The number of rotatable bonds is 6. The number of anilines is 1. The molecule has 3 rings (SSSR count). The molecule has 0 saturated carbocycles. The van der Waals surface area contributed by atoms with Gasteiger partial charge < -0.3 is 14.7 Å². The van der Waals surface area contributed by atoms with Crippen LogP contribution in [-0.2, 0) is 26.0 Å². The number of amides is 2. The Hall–Kier alpha value is -2.72. The maximum Gasteiger partial charge on any atom is 0.246 e. The van der Waals surface area contributed by atoms with Crippen LogP contribution in [0.4, 0.5) is 5.69 Å². The van der Waals surface area contributed by atoms with Gasteiger partial charge in [0.1, 0.15) is 10.6 Å². The molecule has 0 unspecified atom stereocenters. The van der Waals surface area contributed by atoms with E-state index in [1.807, 2.05) is 24.3 Å². The van der Waals surface area contributed by atoms with Gasteiger partial charge in [-0.3, -0.25) is 9.59 Å². The lowest BCUT2D eigenvalue weighted by Crippen LogP contribution is -2.43. The van der Waals surface area contributed by atoms with Gasteiger partial charge in [-0.1, -0.05) is 23.4 Å². The fraction of sp³-hybridized carbons (Fsp3) is 0.353. The minimum absolute atomic E-state index is 0.0833. The molecule has 1 aliphatic heterocycles. The van der Waals surface area contributed by atoms with Crippen molar-refractivity contribution in [3.05, 3.63) is 41.3 Å². The molecule has 0 atom stereocenters. The third kappa shape index (κ3) is 4.01. The van der Waals surface area contributed by atoms with Gasteiger partial charge in [0.2, 0.25) is 21.8 Å². The number of carbonyl (C=O) groups excluding carboxylic acids is 2. The first kappa shape index (κ1) is 19.1. The first-order valence-electron chi connectivity index (χ1n) is 8.37. The summed E-state index contributed by atoms with van der Waals surface area (Å²) < 4.78 is 31.5. The van der Waals surface area contributed by atoms with E-state index in [0.29, 0.717) is 6.54 Å². The van der Waals surface area contributed by atoms with Crippen molar-refractivity contribution in [3.8, 4) is 0 Å². The maximum atomic E-state index is 12.3. The van der Waals surface area contributed by atoms with Crippen molar-refractivity contribution in [2.45, 2.75) is 25.2 Å². The molecule has 144 valence electrons. The van der Waals surface area contributed by atoms with Crippen LogP contribution < -0.4 is 14.9 Å². The number of hydrogen-bond donors (Lipinski definition) is 2. The molecule has 2 aromatic rings. The molecule has 9 nitrogen and oxygen atoms in total. The van der Waals surface area contributed by atoms with E-state index in [9.17, 15) is 18.0 Å². The van der Waals surface area contributed by atoms with Crippen LogP contribution in [0.5, 0.6) is 0 Å². The second kappa shape index (κ2) is 7.49. The van der Waals surface area contributed by atoms with Crippen LogP contribution in [0.15, 0.2) is 33.7 Å². The van der Waals surface area contributed by atoms with Crippen LogP contribution in [0, 0.1) is 13.8 Å². The van der Waals surface area contributed by atoms with Gasteiger partial charge >= 0.3 is 0 Å². The fourth-order valence-electron chi connectivity index (χ4n) is 3.02. The third-order valence-corrected chi connectivity index (χ3v) is 5.93. The van der Waals surface area contributed by atoms with E-state index in [2.05, 4.69) is 15.2 Å². The molecule has 1 aromatic heterocycles. The summed E-state index contributed by atoms with van der Waals surface area (Å²) in [4.78, 5) is 25.8. The number of carbonyl (C=O) groups is 2. The highest BCUT2D eigenvalue weighted by molar-refractivity contribution is 7.89. The summed E-state index contributed by atoms with van der Waals surface area (Å²) >= 11 is 0. The zero-order chi connectivity index (χ0) is 19.6. The number of hydrogen-bond acceptors (Lipinski definition) is 6. The van der Waals surface area contributed by atoms with Gasteiger partial charge in [-0.2, -0.15) is 0 Å². The number of nitrogens with one attached hydrogen (secondary N) is 2. The normalized spacial score (nSPS) is 13.5. The van der Waals surface area contributed by atoms with Crippen molar-refractivity contribution in [2.75, 3.05) is 24.5 Å². The van der Waals surface area contributed by atoms with Crippen molar-refractivity contribution in [1.82, 2.24) is 15.2 Å². The second-order valence-electron chi connectivity index (χ2n) is 6.18. The van der Waals surface area contributed by atoms with Crippen molar-refractivity contribution in [2.24, 2.45) is 0 Å². The average molecular weight is 392 g/mol. The number of aryl methyl sites for hydroxylation is 2. The summed E-state index contributed by atoms with van der Waals surface area (Å²) in [5, 5.41) is 6.03. The molecule has 2 heterocycles. The zero-order valence-corrected chi connectivity index (χ0v) is 15.8. The number of para-hydroxylation sites is 1. The van der Waals surface area contributed by atoms with Crippen LogP contribution in [0.1, 0.15) is 17.0 Å². The Morgan fingerprint density at radius 1 is 1.22 bits per heavy atom. The Morgan fingerprint density at radius 2 is 1.96 bits per heavy atom. The molecule has 1 aliphatic rings. The molecule has 27 heavy (non-hydrogen) atoms. The highest BCUT2D eigenvalue weighted by atomic mass is 32.2. The highest BCUT2D eigenvalue weighted by Crippen LogP contribution is 2.27. The van der Waals surface area contributed by atoms with E-state index in [4.69, 9.17) is 4.52 Å². The van der Waals surface area contributed by atoms with Gasteiger partial charge in [0.15, 0.2) is 5.76 Å². The second-order valence-corrected chi connectivity index (χ2v) is 7.88. The summed E-state index contributed by atoms with van der Waals surface area (Å²) in [5.74, 6) is -0.712. The Bertz CT molecular complexity index is 963. The van der Waals surface area contributed by atoms with Crippen LogP contribution in [0.25, 0.3) is 0 Å². The SMILES string of the molecule is Cc1noc(C)c1S(=O)(=O)NCC(=O)NCC(=O)N1CCc2ccccc21. The third-order valence-electron chi connectivity index (χ3n) is 4.28. The summed E-state index contributed by atoms with van der Waals surface area (Å²) in [5.41, 5.74) is 2.14. The predicted octanol–water partition coefficient (Wildman–Crippen LogP) is 0.275. The predicted molar refractivity (Wildman–Crippen MR) is 96.7 cm³/mol. The van der Waals surface area contributed by atoms with Gasteiger partial charge in [-0.05, 0) is 31.9 Å². The van der Waals surface area contributed by atoms with Crippen molar-refractivity contribution < 1.29 is 22.5 Å². The minimum Gasteiger partial charge on any atom is -0.360 e. The Morgan fingerprint density at radius 3 is 2.67 bits per heavy atom. The fourth-order valence-corrected chi connectivity index (χ4v) is 4.33. The van der Waals surface area contributed by atoms with E-state index in [0.717, 1.165) is 17.7 Å². The van der Waals surface area contributed by atoms with Gasteiger partial charge in [-0.25, -0.2) is 13.1 Å². The number of aromatic nitrogens is 1. The standard InChI is InChI=1S/C17H20N4O5S/c1-11-17(12(2)26-20-11)27(24,25)19-9-15(22)18-10-16(23)21-8-7-13-5-3-4-6-14(13)21/h3-6,19H,7-10H2,1-2H3,(H,18,22). The Kier molecular flexibility index (Phi) is 5.29. The van der Waals surface area contributed by atoms with Crippen molar-refractivity contribution >= 4 is 27.5 Å². The molecule has 0 saturated heterocycles. The van der Waals surface area contributed by atoms with E-state index >= 15 is 0 Å². The minimum atomic E-state index is -3.93. The lowest BCUT2D eigenvalue weighted by atomic mass is 10.2. The Balaban J connectivity index is 1.53. The lowest BCUT2D eigenvalue weighted by Gasteiger charge is -2.17. The molecule has 0 fully saturated rings. The van der Waals surface area contributed by atoms with Gasteiger partial charge in [0.25, 0.3) is 0 Å². The monoisotopic (exact) mass is 392 g/mol. The summed E-state index contributed by atoms with van der Waals surface area (Å²) in [6, 6.07) is 7.59. The molecule has 2 N–H and O–H groups in total. The molecule has 0 aliphatic carbocycles. The topological polar surface area (TPSA) is 122 Å². The molecule has 0 spiro atoms. The van der Waals surface area contributed by atoms with E-state index < -0.39 is 22.5 Å². The van der Waals surface area contributed by atoms with Gasteiger partial charge in [0, 0.05) is 12.2 Å². The highest BCUT2D eigenvalue weighted by Gasteiger charge is 2.26. The number of fused-ring (bicyclic) bond motifs is 1. The summed E-state index contributed by atoms with van der Waals surface area (Å²) in [6.45, 7) is 2.84. The van der Waals surface area contributed by atoms with Crippen LogP contribution in [0.3, 0.4) is 0 Å². The number of sulfonamides is 1. The number of benzene rings is 1. The van der Waals surface area contributed by atoms with Crippen LogP contribution in [0.2, 0.25) is 0 Å². The lowest BCUT2D eigenvalue weighted by molar-refractivity contribution is -0.124.